The maximum atomic E-state index is 8.86. The Kier molecular flexibility index (Phi) is 3.61. The van der Waals surface area contributed by atoms with Crippen LogP contribution in [0.4, 0.5) is 0 Å². The van der Waals surface area contributed by atoms with Crippen LogP contribution in [-0.2, 0) is 0 Å². The standard InChI is InChI=1S/C5H7Cl3O3/c1-2(6)5(7,8)3(9)4(10)11/h2,9-11H,1H3. The summed E-state index contributed by atoms with van der Waals surface area (Å²) in [5.74, 6) is -2.29. The quantitative estimate of drug-likeness (QED) is 0.496. The summed E-state index contributed by atoms with van der Waals surface area (Å²) < 4.78 is -1.87. The zero-order valence-corrected chi connectivity index (χ0v) is 7.82. The number of halogens is 3. The number of allylic oxidation sites excluding steroid dienone is 1. The third-order valence-corrected chi connectivity index (χ3v) is 2.59. The lowest BCUT2D eigenvalue weighted by molar-refractivity contribution is 0.152. The van der Waals surface area contributed by atoms with Crippen molar-refractivity contribution in [1.29, 1.82) is 0 Å². The Labute approximate surface area is 78.8 Å². The summed E-state index contributed by atoms with van der Waals surface area (Å²) in [6, 6.07) is 0. The monoisotopic (exact) mass is 220 g/mol. The van der Waals surface area contributed by atoms with Crippen molar-refractivity contribution in [3.8, 4) is 0 Å². The van der Waals surface area contributed by atoms with Crippen LogP contribution in [-0.4, -0.2) is 25.0 Å². The molecule has 0 fully saturated rings. The summed E-state index contributed by atoms with van der Waals surface area (Å²) in [5.41, 5.74) is 0. The van der Waals surface area contributed by atoms with E-state index in [1.165, 1.54) is 6.92 Å². The summed E-state index contributed by atoms with van der Waals surface area (Å²) in [7, 11) is 0. The van der Waals surface area contributed by atoms with Gasteiger partial charge in [-0.15, -0.1) is 11.6 Å². The van der Waals surface area contributed by atoms with Crippen molar-refractivity contribution in [2.45, 2.75) is 16.6 Å². The molecule has 0 saturated carbocycles. The number of hydrogen-bond donors (Lipinski definition) is 3. The first kappa shape index (κ1) is 11.0. The van der Waals surface area contributed by atoms with Crippen molar-refractivity contribution in [3.63, 3.8) is 0 Å². The molecule has 0 aliphatic rings. The van der Waals surface area contributed by atoms with Gasteiger partial charge in [0.25, 0.3) is 0 Å². The fraction of sp³-hybridized carbons (Fsp3) is 0.600. The Hall–Kier alpha value is 0.01000. The number of aliphatic hydroxyl groups is 3. The lowest BCUT2D eigenvalue weighted by Gasteiger charge is -2.20. The smallest absolute Gasteiger partial charge is 0.317 e. The topological polar surface area (TPSA) is 60.7 Å². The lowest BCUT2D eigenvalue weighted by Crippen LogP contribution is -2.27. The molecule has 0 aliphatic heterocycles. The Bertz CT molecular complexity index is 172. The van der Waals surface area contributed by atoms with Gasteiger partial charge in [0, 0.05) is 0 Å². The van der Waals surface area contributed by atoms with Crippen molar-refractivity contribution in [2.24, 2.45) is 0 Å². The zero-order chi connectivity index (χ0) is 9.23. The summed E-state index contributed by atoms with van der Waals surface area (Å²) in [6.45, 7) is 1.40. The van der Waals surface area contributed by atoms with Crippen LogP contribution in [0.15, 0.2) is 11.7 Å². The molecule has 0 aliphatic carbocycles. The molecule has 0 aromatic rings. The summed E-state index contributed by atoms with van der Waals surface area (Å²) in [4.78, 5) is 0. The first-order valence-corrected chi connectivity index (χ1v) is 3.83. The highest BCUT2D eigenvalue weighted by Crippen LogP contribution is 2.35. The van der Waals surface area contributed by atoms with Gasteiger partial charge < -0.3 is 15.3 Å². The molecule has 66 valence electrons. The van der Waals surface area contributed by atoms with Gasteiger partial charge in [0.2, 0.25) is 5.76 Å². The molecule has 0 bridgehead atoms. The number of hydrogen-bond acceptors (Lipinski definition) is 3. The molecular formula is C5H7Cl3O3. The van der Waals surface area contributed by atoms with Crippen LogP contribution >= 0.6 is 34.8 Å². The van der Waals surface area contributed by atoms with E-state index in [2.05, 4.69) is 0 Å². The Morgan fingerprint density at radius 2 is 1.64 bits per heavy atom. The molecule has 6 heteroatoms. The van der Waals surface area contributed by atoms with E-state index >= 15 is 0 Å². The van der Waals surface area contributed by atoms with E-state index in [1.54, 1.807) is 0 Å². The third-order valence-electron chi connectivity index (χ3n) is 1.03. The molecule has 0 saturated heterocycles. The van der Waals surface area contributed by atoms with E-state index in [1.807, 2.05) is 0 Å². The summed E-state index contributed by atoms with van der Waals surface area (Å²) in [5, 5.41) is 24.7. The Morgan fingerprint density at radius 1 is 1.27 bits per heavy atom. The van der Waals surface area contributed by atoms with Gasteiger partial charge in [0.1, 0.15) is 0 Å². The van der Waals surface area contributed by atoms with E-state index in [4.69, 9.17) is 50.1 Å². The van der Waals surface area contributed by atoms with Gasteiger partial charge in [-0.1, -0.05) is 23.2 Å². The summed E-state index contributed by atoms with van der Waals surface area (Å²) >= 11 is 16.3. The second-order valence-corrected chi connectivity index (χ2v) is 3.95. The predicted octanol–water partition coefficient (Wildman–Crippen LogP) is 2.63. The van der Waals surface area contributed by atoms with Crippen molar-refractivity contribution in [1.82, 2.24) is 0 Å². The molecule has 1 unspecified atom stereocenters. The van der Waals surface area contributed by atoms with Gasteiger partial charge in [-0.05, 0) is 6.92 Å². The minimum atomic E-state index is -1.87. The molecule has 0 aromatic carbocycles. The first-order valence-electron chi connectivity index (χ1n) is 2.63. The van der Waals surface area contributed by atoms with Crippen LogP contribution in [0.1, 0.15) is 6.92 Å². The maximum Gasteiger partial charge on any atom is 0.317 e. The SMILES string of the molecule is CC(Cl)C(Cl)(Cl)C(O)=C(O)O. The van der Waals surface area contributed by atoms with Crippen molar-refractivity contribution in [3.05, 3.63) is 11.7 Å². The predicted molar refractivity (Wildman–Crippen MR) is 44.7 cm³/mol. The highest BCUT2D eigenvalue weighted by molar-refractivity contribution is 6.54. The van der Waals surface area contributed by atoms with Crippen LogP contribution in [0.2, 0.25) is 0 Å². The van der Waals surface area contributed by atoms with Crippen molar-refractivity contribution < 1.29 is 15.3 Å². The molecule has 0 heterocycles. The van der Waals surface area contributed by atoms with Crippen LogP contribution in [0.5, 0.6) is 0 Å². The average molecular weight is 221 g/mol. The molecule has 0 amide bonds. The summed E-state index contributed by atoms with van der Waals surface area (Å²) in [6.07, 6.45) is 0. The highest BCUT2D eigenvalue weighted by Gasteiger charge is 2.38. The Balaban J connectivity index is 4.70. The minimum absolute atomic E-state index is 0.847. The first-order chi connectivity index (χ1) is 4.80. The fourth-order valence-electron chi connectivity index (χ4n) is 0.337. The molecule has 0 spiro atoms. The normalized spacial score (nSPS) is 14.2. The van der Waals surface area contributed by atoms with Gasteiger partial charge in [-0.25, -0.2) is 0 Å². The van der Waals surface area contributed by atoms with E-state index in [-0.39, 0.29) is 0 Å². The highest BCUT2D eigenvalue weighted by atomic mass is 35.5. The lowest BCUT2D eigenvalue weighted by atomic mass is 10.3. The molecule has 11 heavy (non-hydrogen) atoms. The molecule has 1 atom stereocenters. The average Bonchev–Trinajstić information content (AvgIpc) is 1.85. The van der Waals surface area contributed by atoms with Crippen LogP contribution < -0.4 is 0 Å². The number of rotatable bonds is 2. The molecule has 0 aromatic heterocycles. The van der Waals surface area contributed by atoms with Crippen LogP contribution in [0.25, 0.3) is 0 Å². The van der Waals surface area contributed by atoms with Crippen LogP contribution in [0.3, 0.4) is 0 Å². The van der Waals surface area contributed by atoms with Gasteiger partial charge in [0.15, 0.2) is 4.33 Å². The number of aliphatic hydroxyl groups excluding tert-OH is 2. The third kappa shape index (κ3) is 2.51. The second kappa shape index (κ2) is 3.61. The van der Waals surface area contributed by atoms with E-state index in [0.717, 1.165) is 0 Å². The van der Waals surface area contributed by atoms with Gasteiger partial charge in [0.05, 0.1) is 5.38 Å². The zero-order valence-electron chi connectivity index (χ0n) is 5.55. The van der Waals surface area contributed by atoms with E-state index < -0.39 is 21.4 Å². The van der Waals surface area contributed by atoms with Crippen molar-refractivity contribution in [2.75, 3.05) is 0 Å². The molecule has 3 N–H and O–H groups in total. The number of alkyl halides is 3. The molecule has 0 radical (unpaired) electrons. The van der Waals surface area contributed by atoms with Gasteiger partial charge in [-0.3, -0.25) is 0 Å². The van der Waals surface area contributed by atoms with Crippen LogP contribution in [0, 0.1) is 0 Å². The Morgan fingerprint density at radius 3 is 1.73 bits per heavy atom. The minimum Gasteiger partial charge on any atom is -0.503 e. The molecule has 3 nitrogen and oxygen atoms in total. The van der Waals surface area contributed by atoms with E-state index in [0.29, 0.717) is 0 Å². The molecule has 0 rings (SSSR count). The largest absolute Gasteiger partial charge is 0.503 e. The van der Waals surface area contributed by atoms with E-state index in [9.17, 15) is 0 Å². The van der Waals surface area contributed by atoms with Gasteiger partial charge >= 0.3 is 5.95 Å². The van der Waals surface area contributed by atoms with Gasteiger partial charge in [-0.2, -0.15) is 0 Å². The van der Waals surface area contributed by atoms with Crippen molar-refractivity contribution >= 4 is 34.8 Å². The molecular weight excluding hydrogens is 214 g/mol. The second-order valence-electron chi connectivity index (χ2n) is 1.91. The fourth-order valence-corrected chi connectivity index (χ4v) is 0.610. The maximum absolute atomic E-state index is 8.86.